The number of hydrogen-bond donors (Lipinski definition) is 2. The second-order valence-electron chi connectivity index (χ2n) is 14.2. The summed E-state index contributed by atoms with van der Waals surface area (Å²) >= 11 is 1.46. The van der Waals surface area contributed by atoms with Gasteiger partial charge >= 0.3 is 6.18 Å². The van der Waals surface area contributed by atoms with E-state index in [0.29, 0.717) is 42.0 Å². The molecule has 15 heteroatoms. The van der Waals surface area contributed by atoms with Crippen LogP contribution in [0.5, 0.6) is 5.75 Å². The van der Waals surface area contributed by atoms with Crippen LogP contribution in [0.1, 0.15) is 98.4 Å². The van der Waals surface area contributed by atoms with Crippen molar-refractivity contribution in [2.45, 2.75) is 113 Å². The second kappa shape index (κ2) is 12.5. The van der Waals surface area contributed by atoms with E-state index >= 15 is 0 Å². The summed E-state index contributed by atoms with van der Waals surface area (Å²) in [6.45, 7) is 4.12. The van der Waals surface area contributed by atoms with E-state index in [1.165, 1.54) is 23.5 Å². The van der Waals surface area contributed by atoms with Crippen LogP contribution >= 0.6 is 11.3 Å². The SMILES string of the molecule is CC(C)Oc1cc(C(=O)NS(=O)(=O)C2CC2)cc2sc(N3C4CCC3CC(NCc3c(-c5ccccc5C(F)(F)F)noc3C3CC3)C4)nc12. The molecule has 266 valence electrons. The van der Waals surface area contributed by atoms with Gasteiger partial charge in [0.15, 0.2) is 5.13 Å². The normalized spacial score (nSPS) is 22.4. The number of anilines is 1. The Morgan fingerprint density at radius 3 is 2.46 bits per heavy atom. The molecule has 0 radical (unpaired) electrons. The summed E-state index contributed by atoms with van der Waals surface area (Å²) in [6.07, 6.45) is 1.87. The summed E-state index contributed by atoms with van der Waals surface area (Å²) in [6, 6.07) is 9.30. The number of sulfonamides is 1. The molecule has 4 heterocycles. The number of ether oxygens (including phenoxy) is 1. The Kier molecular flexibility index (Phi) is 8.37. The topological polar surface area (TPSA) is 127 Å². The Bertz CT molecular complexity index is 2040. The predicted octanol–water partition coefficient (Wildman–Crippen LogP) is 7.15. The molecule has 50 heavy (non-hydrogen) atoms. The first-order chi connectivity index (χ1) is 23.9. The Hall–Kier alpha value is -3.69. The molecule has 2 N–H and O–H groups in total. The molecule has 2 aliphatic carbocycles. The van der Waals surface area contributed by atoms with Crippen molar-refractivity contribution < 1.29 is 35.6 Å². The summed E-state index contributed by atoms with van der Waals surface area (Å²) in [5, 5.41) is 8.14. The van der Waals surface area contributed by atoms with Crippen LogP contribution in [0.15, 0.2) is 40.9 Å². The van der Waals surface area contributed by atoms with Gasteiger partial charge in [-0.25, -0.2) is 18.1 Å². The first-order valence-electron chi connectivity index (χ1n) is 17.2. The van der Waals surface area contributed by atoms with Crippen molar-refractivity contribution in [2.75, 3.05) is 4.90 Å². The third-order valence-electron chi connectivity index (χ3n) is 10.0. The van der Waals surface area contributed by atoms with Gasteiger partial charge in [-0.2, -0.15) is 13.2 Å². The lowest BCUT2D eigenvalue weighted by Crippen LogP contribution is -2.49. The molecular formula is C35H38F3N5O5S2. The Balaban J connectivity index is 1.02. The number of halogens is 3. The van der Waals surface area contributed by atoms with Crippen LogP contribution in [-0.4, -0.2) is 53.9 Å². The van der Waals surface area contributed by atoms with Crippen LogP contribution < -0.4 is 19.7 Å². The van der Waals surface area contributed by atoms with Crippen molar-refractivity contribution >= 4 is 42.6 Å². The molecule has 2 bridgehead atoms. The first-order valence-corrected chi connectivity index (χ1v) is 19.6. The van der Waals surface area contributed by atoms with Crippen LogP contribution in [0.25, 0.3) is 21.5 Å². The van der Waals surface area contributed by atoms with Crippen molar-refractivity contribution in [1.29, 1.82) is 0 Å². The molecule has 2 atom stereocenters. The molecule has 4 aliphatic rings. The van der Waals surface area contributed by atoms with Gasteiger partial charge < -0.3 is 19.5 Å². The van der Waals surface area contributed by atoms with Gasteiger partial charge in [0.2, 0.25) is 10.0 Å². The zero-order chi connectivity index (χ0) is 34.9. The maximum Gasteiger partial charge on any atom is 0.417 e. The summed E-state index contributed by atoms with van der Waals surface area (Å²) in [7, 11) is -3.72. The highest BCUT2D eigenvalue weighted by Crippen LogP contribution is 2.47. The fourth-order valence-electron chi connectivity index (χ4n) is 7.43. The number of carbonyl (C=O) groups is 1. The Morgan fingerprint density at radius 2 is 1.80 bits per heavy atom. The molecule has 2 aromatic heterocycles. The van der Waals surface area contributed by atoms with E-state index in [1.54, 1.807) is 18.2 Å². The molecule has 2 saturated carbocycles. The molecular weight excluding hydrogens is 692 g/mol. The molecule has 4 aromatic rings. The van der Waals surface area contributed by atoms with Crippen molar-refractivity contribution in [2.24, 2.45) is 0 Å². The summed E-state index contributed by atoms with van der Waals surface area (Å²) in [4.78, 5) is 20.4. The number of hydrogen-bond acceptors (Lipinski definition) is 10. The Labute approximate surface area is 291 Å². The van der Waals surface area contributed by atoms with Crippen LogP contribution in [0.4, 0.5) is 18.3 Å². The summed E-state index contributed by atoms with van der Waals surface area (Å²) < 4.78 is 81.5. The number of amides is 1. The van der Waals surface area contributed by atoms with Gasteiger partial charge in [-0.05, 0) is 83.4 Å². The number of piperidine rings is 1. The number of thiazole rings is 1. The molecule has 2 saturated heterocycles. The van der Waals surface area contributed by atoms with Gasteiger partial charge in [0.25, 0.3) is 5.91 Å². The van der Waals surface area contributed by atoms with E-state index in [2.05, 4.69) is 20.1 Å². The fourth-order valence-corrected chi connectivity index (χ4v) is 9.90. The lowest BCUT2D eigenvalue weighted by atomic mass is 9.96. The average molecular weight is 730 g/mol. The van der Waals surface area contributed by atoms with E-state index in [9.17, 15) is 26.4 Å². The fraction of sp³-hybridized carbons (Fsp3) is 0.514. The zero-order valence-electron chi connectivity index (χ0n) is 27.6. The van der Waals surface area contributed by atoms with Gasteiger partial charge in [0, 0.05) is 47.3 Å². The largest absolute Gasteiger partial charge is 0.489 e. The number of aromatic nitrogens is 2. The minimum absolute atomic E-state index is 0.0316. The highest BCUT2D eigenvalue weighted by Gasteiger charge is 2.43. The van der Waals surface area contributed by atoms with Gasteiger partial charge in [-0.3, -0.25) is 4.79 Å². The smallest absolute Gasteiger partial charge is 0.417 e. The molecule has 8 rings (SSSR count). The van der Waals surface area contributed by atoms with Crippen LogP contribution in [-0.2, 0) is 22.7 Å². The van der Waals surface area contributed by atoms with Gasteiger partial charge in [0.05, 0.1) is 21.6 Å². The number of rotatable bonds is 11. The van der Waals surface area contributed by atoms with E-state index in [4.69, 9.17) is 14.2 Å². The van der Waals surface area contributed by atoms with Crippen LogP contribution in [0.2, 0.25) is 0 Å². The van der Waals surface area contributed by atoms with E-state index in [1.807, 2.05) is 13.8 Å². The minimum Gasteiger partial charge on any atom is -0.489 e. The first kappa shape index (κ1) is 33.5. The monoisotopic (exact) mass is 729 g/mol. The van der Waals surface area contributed by atoms with Crippen molar-refractivity contribution in [3.63, 3.8) is 0 Å². The standard InChI is InChI=1S/C35H38F3N5O5S2/c1-18(2)47-28-13-20(33(44)42-50(45,46)24-11-12-24)14-29-31(28)40-34(49-29)43-22-9-10-23(43)16-21(15-22)39-17-26-30(41-48-32(26)19-7-8-19)25-5-3-4-6-27(25)35(36,37)38/h3-6,13-14,18-19,21-24,39H,7-12,15-17H2,1-2H3,(H,42,44). The number of alkyl halides is 3. The van der Waals surface area contributed by atoms with Crippen LogP contribution in [0, 0.1) is 0 Å². The quantitative estimate of drug-likeness (QED) is 0.166. The molecule has 2 aromatic carbocycles. The van der Waals surface area contributed by atoms with Gasteiger partial charge in [0.1, 0.15) is 22.7 Å². The van der Waals surface area contributed by atoms with Crippen molar-refractivity contribution in [1.82, 2.24) is 20.2 Å². The van der Waals surface area contributed by atoms with Gasteiger partial charge in [-0.1, -0.05) is 34.7 Å². The molecule has 2 unspecified atom stereocenters. The summed E-state index contributed by atoms with van der Waals surface area (Å²) in [5.41, 5.74) is 1.09. The Morgan fingerprint density at radius 1 is 1.08 bits per heavy atom. The number of nitrogens with zero attached hydrogens (tertiary/aromatic N) is 3. The third kappa shape index (κ3) is 6.47. The maximum absolute atomic E-state index is 13.9. The molecule has 4 fully saturated rings. The highest BCUT2D eigenvalue weighted by atomic mass is 32.2. The van der Waals surface area contributed by atoms with E-state index in [0.717, 1.165) is 54.4 Å². The lowest BCUT2D eigenvalue weighted by molar-refractivity contribution is -0.137. The molecule has 0 spiro atoms. The summed E-state index contributed by atoms with van der Waals surface area (Å²) in [5.74, 6) is 0.608. The van der Waals surface area contributed by atoms with Crippen LogP contribution in [0.3, 0.4) is 0 Å². The molecule has 10 nitrogen and oxygen atoms in total. The number of carbonyl (C=O) groups excluding carboxylic acids is 1. The number of nitrogens with one attached hydrogen (secondary N) is 2. The minimum atomic E-state index is -4.51. The highest BCUT2D eigenvalue weighted by molar-refractivity contribution is 7.91. The maximum atomic E-state index is 13.9. The van der Waals surface area contributed by atoms with E-state index < -0.39 is 32.9 Å². The predicted molar refractivity (Wildman–Crippen MR) is 183 cm³/mol. The van der Waals surface area contributed by atoms with Crippen molar-refractivity contribution in [3.8, 4) is 17.0 Å². The van der Waals surface area contributed by atoms with E-state index in [-0.39, 0.29) is 47.0 Å². The van der Waals surface area contributed by atoms with Crippen molar-refractivity contribution in [3.05, 3.63) is 58.8 Å². The van der Waals surface area contributed by atoms with Gasteiger partial charge in [-0.15, -0.1) is 0 Å². The molecule has 1 amide bonds. The number of fused-ring (bicyclic) bond motifs is 3. The third-order valence-corrected chi connectivity index (χ3v) is 12.9. The average Bonchev–Trinajstić information content (AvgIpc) is 3.98. The second-order valence-corrected chi connectivity index (χ2v) is 17.2. The lowest BCUT2D eigenvalue weighted by Gasteiger charge is -2.39. The number of benzene rings is 2. The molecule has 2 aliphatic heterocycles. The zero-order valence-corrected chi connectivity index (χ0v) is 29.3.